The Balaban J connectivity index is 2.79. The van der Waals surface area contributed by atoms with Crippen molar-refractivity contribution in [1.82, 2.24) is 4.90 Å². The van der Waals surface area contributed by atoms with E-state index in [9.17, 15) is 9.59 Å². The quantitative estimate of drug-likeness (QED) is 0.709. The second kappa shape index (κ2) is 4.05. The van der Waals surface area contributed by atoms with Crippen molar-refractivity contribution in [2.24, 2.45) is 5.41 Å². The van der Waals surface area contributed by atoms with Gasteiger partial charge in [0, 0.05) is 13.1 Å². The summed E-state index contributed by atoms with van der Waals surface area (Å²) in [5.41, 5.74) is -1.77. The third-order valence-corrected chi connectivity index (χ3v) is 2.78. The predicted molar refractivity (Wildman–Crippen MR) is 58.0 cm³/mol. The lowest BCUT2D eigenvalue weighted by Crippen LogP contribution is -2.55. The van der Waals surface area contributed by atoms with Crippen LogP contribution >= 0.6 is 0 Å². The third kappa shape index (κ3) is 2.52. The second-order valence-electron chi connectivity index (χ2n) is 5.27. The zero-order valence-electron chi connectivity index (χ0n) is 10.2. The van der Waals surface area contributed by atoms with Crippen LogP contribution in [0.15, 0.2) is 0 Å². The summed E-state index contributed by atoms with van der Waals surface area (Å²) in [5.74, 6) is -1.45. The van der Waals surface area contributed by atoms with E-state index in [0.717, 1.165) is 0 Å². The number of aliphatic carboxylic acids is 1. The first-order valence-electron chi connectivity index (χ1n) is 5.33. The number of ether oxygens (including phenoxy) is 1. The van der Waals surface area contributed by atoms with Gasteiger partial charge < -0.3 is 14.7 Å². The molecule has 92 valence electrons. The number of rotatable bonds is 2. The van der Waals surface area contributed by atoms with Crippen molar-refractivity contribution in [2.45, 2.75) is 33.3 Å². The maximum absolute atomic E-state index is 12.0. The van der Waals surface area contributed by atoms with Gasteiger partial charge in [0.1, 0.15) is 5.41 Å². The Labute approximate surface area is 95.4 Å². The molecule has 0 aromatic rings. The number of hydrogen-bond donors (Lipinski definition) is 1. The summed E-state index contributed by atoms with van der Waals surface area (Å²) in [5, 5.41) is 8.99. The summed E-state index contributed by atoms with van der Waals surface area (Å²) in [6.07, 6.45) is 0. The van der Waals surface area contributed by atoms with E-state index in [-0.39, 0.29) is 5.91 Å². The van der Waals surface area contributed by atoms with Crippen LogP contribution in [0.25, 0.3) is 0 Å². The van der Waals surface area contributed by atoms with Gasteiger partial charge in [0.15, 0.2) is 0 Å². The molecule has 0 radical (unpaired) electrons. The molecule has 0 unspecified atom stereocenters. The highest BCUT2D eigenvalue weighted by atomic mass is 16.5. The van der Waals surface area contributed by atoms with Crippen LogP contribution in [0.3, 0.4) is 0 Å². The van der Waals surface area contributed by atoms with E-state index in [0.29, 0.717) is 19.7 Å². The lowest BCUT2D eigenvalue weighted by Gasteiger charge is -2.40. The number of carbonyl (C=O) groups is 2. The topological polar surface area (TPSA) is 66.8 Å². The van der Waals surface area contributed by atoms with E-state index >= 15 is 0 Å². The molecule has 1 saturated heterocycles. The van der Waals surface area contributed by atoms with E-state index in [1.165, 1.54) is 13.8 Å². The fourth-order valence-electron chi connectivity index (χ4n) is 1.68. The van der Waals surface area contributed by atoms with Gasteiger partial charge in [0.05, 0.1) is 12.2 Å². The fraction of sp³-hybridized carbons (Fsp3) is 0.818. The zero-order chi connectivity index (χ0) is 12.6. The molecule has 0 spiro atoms. The van der Waals surface area contributed by atoms with Gasteiger partial charge in [-0.05, 0) is 27.7 Å². The summed E-state index contributed by atoms with van der Waals surface area (Å²) in [4.78, 5) is 24.6. The molecule has 1 N–H and O–H groups in total. The van der Waals surface area contributed by atoms with Gasteiger partial charge in [-0.3, -0.25) is 9.59 Å². The first-order chi connectivity index (χ1) is 7.17. The van der Waals surface area contributed by atoms with Crippen LogP contribution < -0.4 is 0 Å². The minimum Gasteiger partial charge on any atom is -0.480 e. The normalized spacial score (nSPS) is 20.6. The molecule has 1 aliphatic rings. The summed E-state index contributed by atoms with van der Waals surface area (Å²) < 4.78 is 5.48. The van der Waals surface area contributed by atoms with Crippen molar-refractivity contribution in [2.75, 3.05) is 19.7 Å². The molecular formula is C11H19NO4. The van der Waals surface area contributed by atoms with E-state index in [4.69, 9.17) is 9.84 Å². The van der Waals surface area contributed by atoms with Gasteiger partial charge in [-0.1, -0.05) is 0 Å². The van der Waals surface area contributed by atoms with Gasteiger partial charge in [-0.25, -0.2) is 0 Å². The lowest BCUT2D eigenvalue weighted by atomic mass is 9.91. The van der Waals surface area contributed by atoms with Crippen molar-refractivity contribution in [3.05, 3.63) is 0 Å². The number of nitrogens with zero attached hydrogens (tertiary/aromatic N) is 1. The third-order valence-electron chi connectivity index (χ3n) is 2.78. The molecule has 1 fully saturated rings. The zero-order valence-corrected chi connectivity index (χ0v) is 10.2. The van der Waals surface area contributed by atoms with E-state index in [1.807, 2.05) is 13.8 Å². The molecule has 0 bridgehead atoms. The summed E-state index contributed by atoms with van der Waals surface area (Å²) in [6.45, 7) is 7.98. The molecule has 1 aliphatic heterocycles. The van der Waals surface area contributed by atoms with Crippen LogP contribution in [0.5, 0.6) is 0 Å². The number of hydrogen-bond acceptors (Lipinski definition) is 3. The predicted octanol–water partition coefficient (Wildman–Crippen LogP) is 0.735. The fourth-order valence-corrected chi connectivity index (χ4v) is 1.68. The molecule has 1 rings (SSSR count). The number of carboxylic acid groups (broad SMARTS) is 1. The van der Waals surface area contributed by atoms with Crippen LogP contribution in [0.4, 0.5) is 0 Å². The number of amides is 1. The summed E-state index contributed by atoms with van der Waals surface area (Å²) >= 11 is 0. The van der Waals surface area contributed by atoms with Crippen molar-refractivity contribution >= 4 is 11.9 Å². The minimum atomic E-state index is -1.37. The molecule has 5 nitrogen and oxygen atoms in total. The van der Waals surface area contributed by atoms with Crippen molar-refractivity contribution in [3.8, 4) is 0 Å². The molecule has 0 aromatic heterocycles. The average molecular weight is 229 g/mol. The van der Waals surface area contributed by atoms with Gasteiger partial charge in [-0.15, -0.1) is 0 Å². The van der Waals surface area contributed by atoms with E-state index in [2.05, 4.69) is 0 Å². The number of carbonyl (C=O) groups excluding carboxylic acids is 1. The van der Waals surface area contributed by atoms with Crippen LogP contribution in [-0.4, -0.2) is 47.2 Å². The highest BCUT2D eigenvalue weighted by Gasteiger charge is 2.42. The monoisotopic (exact) mass is 229 g/mol. The second-order valence-corrected chi connectivity index (χ2v) is 5.27. The summed E-state index contributed by atoms with van der Waals surface area (Å²) in [6, 6.07) is 0. The van der Waals surface area contributed by atoms with Crippen molar-refractivity contribution < 1.29 is 19.4 Å². The molecule has 0 aliphatic carbocycles. The minimum absolute atomic E-state index is 0.351. The summed E-state index contributed by atoms with van der Waals surface area (Å²) in [7, 11) is 0. The smallest absolute Gasteiger partial charge is 0.318 e. The Hall–Kier alpha value is -1.10. The molecule has 1 heterocycles. The van der Waals surface area contributed by atoms with Crippen LogP contribution in [0, 0.1) is 5.41 Å². The van der Waals surface area contributed by atoms with Gasteiger partial charge in [-0.2, -0.15) is 0 Å². The maximum Gasteiger partial charge on any atom is 0.318 e. The molecule has 1 amide bonds. The molecule has 5 heteroatoms. The van der Waals surface area contributed by atoms with Crippen molar-refractivity contribution in [1.29, 1.82) is 0 Å². The molecule has 0 saturated carbocycles. The maximum atomic E-state index is 12.0. The number of morpholine rings is 1. The largest absolute Gasteiger partial charge is 0.480 e. The molecule has 0 aromatic carbocycles. The Morgan fingerprint density at radius 2 is 1.94 bits per heavy atom. The van der Waals surface area contributed by atoms with E-state index < -0.39 is 17.0 Å². The molecule has 0 atom stereocenters. The van der Waals surface area contributed by atoms with Crippen molar-refractivity contribution in [3.63, 3.8) is 0 Å². The molecule has 16 heavy (non-hydrogen) atoms. The van der Waals surface area contributed by atoms with Gasteiger partial charge in [0.2, 0.25) is 5.91 Å². The first-order valence-corrected chi connectivity index (χ1v) is 5.33. The van der Waals surface area contributed by atoms with E-state index in [1.54, 1.807) is 4.90 Å². The lowest BCUT2D eigenvalue weighted by molar-refractivity contribution is -0.165. The number of carboxylic acids is 1. The van der Waals surface area contributed by atoms with Gasteiger partial charge in [0.25, 0.3) is 0 Å². The Bertz CT molecular complexity index is 309. The Morgan fingerprint density at radius 3 is 2.38 bits per heavy atom. The highest BCUT2D eigenvalue weighted by molar-refractivity contribution is 6.01. The van der Waals surface area contributed by atoms with Crippen LogP contribution in [-0.2, 0) is 14.3 Å². The average Bonchev–Trinajstić information content (AvgIpc) is 2.14. The Morgan fingerprint density at radius 1 is 1.38 bits per heavy atom. The SMILES string of the molecule is CC1(C)CN(C(=O)C(C)(C)C(=O)O)CCO1. The standard InChI is InChI=1S/C11H19NO4/c1-10(2)7-12(5-6-16-10)8(13)11(3,4)9(14)15/h5-7H2,1-4H3,(H,14,15). The Kier molecular flexibility index (Phi) is 3.28. The first kappa shape index (κ1) is 13.0. The highest BCUT2D eigenvalue weighted by Crippen LogP contribution is 2.24. The van der Waals surface area contributed by atoms with Gasteiger partial charge >= 0.3 is 5.97 Å². The van der Waals surface area contributed by atoms with Crippen LogP contribution in [0.1, 0.15) is 27.7 Å². The molecular weight excluding hydrogens is 210 g/mol. The van der Waals surface area contributed by atoms with Crippen LogP contribution in [0.2, 0.25) is 0 Å².